The Labute approximate surface area is 315 Å². The molecule has 0 atom stereocenters. The smallest absolute Gasteiger partial charge is 0.0220 e. The van der Waals surface area contributed by atoms with Crippen molar-refractivity contribution in [2.75, 3.05) is 0 Å². The van der Waals surface area contributed by atoms with Gasteiger partial charge in [-0.3, -0.25) is 0 Å². The predicted octanol–water partition coefficient (Wildman–Crippen LogP) is 9.47. The maximum Gasteiger partial charge on any atom is -0.0220 e. The van der Waals surface area contributed by atoms with Gasteiger partial charge in [-0.25, -0.2) is 0 Å². The monoisotopic (exact) mass is 758 g/mol. The predicted molar refractivity (Wildman–Crippen MR) is 207 cm³/mol. The fourth-order valence-corrected chi connectivity index (χ4v) is 5.66. The largest absolute Gasteiger partial charge is 1.00 e. The molecule has 48 heavy (non-hydrogen) atoms. The Bertz CT molecular complexity index is 1680. The van der Waals surface area contributed by atoms with Crippen LogP contribution in [-0.2, 0) is 45.0 Å². The third kappa shape index (κ3) is 13.1. The molecular formula is C44H61ClOSiZr-2. The Balaban J connectivity index is 0.000000337. The normalized spacial score (nSPS) is 11.8. The van der Waals surface area contributed by atoms with Crippen LogP contribution in [0.1, 0.15) is 116 Å². The third-order valence-corrected chi connectivity index (χ3v) is 8.06. The molecule has 5 aromatic carbocycles. The van der Waals surface area contributed by atoms with Crippen LogP contribution in [0.3, 0.4) is 0 Å². The van der Waals surface area contributed by atoms with E-state index in [2.05, 4.69) is 177 Å². The van der Waals surface area contributed by atoms with Gasteiger partial charge >= 0.3 is 41.9 Å². The number of fused-ring (bicyclic) bond motifs is 2. The SMILES string of the molecule is CC(C)(C)c1ccc([O-])c(C(C)(C)C)c1.C[Si](C)=[Zr+2].Cc1cc2c(C(C)(C)C)cccc2[cH-]1.Cc1cc2c(C(C)(C)C)cccc2[cH-]1.[Cl-]. The molecule has 0 N–H and O–H groups in total. The van der Waals surface area contributed by atoms with Crippen LogP contribution in [0.4, 0.5) is 0 Å². The van der Waals surface area contributed by atoms with Gasteiger partial charge in [0.2, 0.25) is 0 Å². The van der Waals surface area contributed by atoms with Crippen molar-refractivity contribution in [1.82, 2.24) is 0 Å². The van der Waals surface area contributed by atoms with E-state index in [0.717, 1.165) is 5.56 Å². The summed E-state index contributed by atoms with van der Waals surface area (Å²) in [5.74, 6) is 0.149. The zero-order valence-corrected chi connectivity index (χ0v) is 37.0. The average molecular weight is 761 g/mol. The summed E-state index contributed by atoms with van der Waals surface area (Å²) < 4.78 is 0. The Hall–Kier alpha value is -1.93. The van der Waals surface area contributed by atoms with Crippen LogP contribution < -0.4 is 17.5 Å². The summed E-state index contributed by atoms with van der Waals surface area (Å²) in [5.41, 5.74) is 8.47. The van der Waals surface area contributed by atoms with Gasteiger partial charge in [-0.2, -0.15) is 12.1 Å². The summed E-state index contributed by atoms with van der Waals surface area (Å²) in [4.78, 5) is 0. The molecule has 5 rings (SSSR count). The molecule has 0 saturated carbocycles. The molecule has 0 saturated heterocycles. The minimum Gasteiger partial charge on any atom is -1.00 e. The van der Waals surface area contributed by atoms with E-state index in [9.17, 15) is 5.11 Å². The first-order valence-corrected chi connectivity index (χ1v) is 23.2. The van der Waals surface area contributed by atoms with E-state index in [0.29, 0.717) is 0 Å². The molecule has 0 bridgehead atoms. The third-order valence-electron chi connectivity index (χ3n) is 8.06. The molecule has 5 aromatic rings. The standard InChI is InChI=1S/C14H22O.2C14H17.C2H6Si.ClH.Zr/c1-13(2,3)10-7-8-12(15)11(9-10)14(4,5)6;2*1-10-8-11-6-5-7-13(12(11)9-10)14(2,3)4;1-3-2;;/h7-9,15H,1-6H3;2*5-9H,1-4H3;1-2H3;1H;/q;2*-1;;;+2/p-2. The zero-order chi connectivity index (χ0) is 36.1. The van der Waals surface area contributed by atoms with Crippen molar-refractivity contribution in [2.24, 2.45) is 0 Å². The first-order valence-electron chi connectivity index (χ1n) is 17.0. The van der Waals surface area contributed by atoms with E-state index < -0.39 is 0 Å². The van der Waals surface area contributed by atoms with E-state index in [1.165, 1.54) is 49.4 Å². The Morgan fingerprint density at radius 3 is 1.21 bits per heavy atom. The Morgan fingerprint density at radius 2 is 0.896 bits per heavy atom. The van der Waals surface area contributed by atoms with E-state index >= 15 is 0 Å². The zero-order valence-electron chi connectivity index (χ0n) is 32.8. The van der Waals surface area contributed by atoms with Gasteiger partial charge in [0.05, 0.1) is 0 Å². The number of rotatable bonds is 0. The van der Waals surface area contributed by atoms with Crippen molar-refractivity contribution in [3.8, 4) is 5.75 Å². The summed E-state index contributed by atoms with van der Waals surface area (Å²) in [5, 5.41) is 17.3. The number of benzene rings is 3. The molecule has 1 nitrogen and oxygen atoms in total. The number of aryl methyl sites for hydroxylation is 2. The van der Waals surface area contributed by atoms with Crippen molar-refractivity contribution in [3.63, 3.8) is 0 Å². The van der Waals surface area contributed by atoms with Gasteiger partial charge in [-0.05, 0) is 27.2 Å². The van der Waals surface area contributed by atoms with Gasteiger partial charge in [0.25, 0.3) is 0 Å². The van der Waals surface area contributed by atoms with Crippen LogP contribution in [0.25, 0.3) is 21.5 Å². The second-order valence-electron chi connectivity index (χ2n) is 17.4. The molecule has 260 valence electrons. The van der Waals surface area contributed by atoms with Crippen LogP contribution >= 0.6 is 0 Å². The van der Waals surface area contributed by atoms with E-state index in [-0.39, 0.29) is 45.3 Å². The van der Waals surface area contributed by atoms with Gasteiger partial charge in [0.1, 0.15) is 0 Å². The first kappa shape index (κ1) is 44.1. The number of hydrogen-bond donors (Lipinski definition) is 0. The van der Waals surface area contributed by atoms with Crippen LogP contribution in [-0.4, -0.2) is 5.43 Å². The molecule has 0 amide bonds. The second kappa shape index (κ2) is 17.3. The van der Waals surface area contributed by atoms with Gasteiger partial charge in [-0.1, -0.05) is 144 Å². The molecule has 0 aliphatic rings. The van der Waals surface area contributed by atoms with Gasteiger partial charge in [0.15, 0.2) is 0 Å². The molecular weight excluding hydrogens is 699 g/mol. The van der Waals surface area contributed by atoms with Crippen molar-refractivity contribution in [3.05, 3.63) is 112 Å². The molecule has 0 radical (unpaired) electrons. The molecule has 0 aromatic heterocycles. The first-order chi connectivity index (χ1) is 21.3. The number of halogens is 1. The summed E-state index contributed by atoms with van der Waals surface area (Å²) in [6.07, 6.45) is 0. The maximum atomic E-state index is 11.7. The van der Waals surface area contributed by atoms with Gasteiger partial charge < -0.3 is 17.5 Å². The number of hydrogen-bond acceptors (Lipinski definition) is 1. The summed E-state index contributed by atoms with van der Waals surface area (Å²) >= 11 is 1.74. The van der Waals surface area contributed by atoms with Crippen molar-refractivity contribution in [2.45, 2.75) is 132 Å². The second-order valence-corrected chi connectivity index (χ2v) is 26.8. The molecule has 0 unspecified atom stereocenters. The Kier molecular flexibility index (Phi) is 15.9. The topological polar surface area (TPSA) is 23.1 Å². The van der Waals surface area contributed by atoms with Crippen LogP contribution in [0.2, 0.25) is 13.1 Å². The Morgan fingerprint density at radius 1 is 0.542 bits per heavy atom. The van der Waals surface area contributed by atoms with Crippen LogP contribution in [0.5, 0.6) is 5.75 Å². The van der Waals surface area contributed by atoms with E-state index in [1.54, 1.807) is 29.4 Å². The molecule has 0 fully saturated rings. The fraction of sp³-hybridized carbons (Fsp3) is 0.455. The minimum atomic E-state index is -0.0711. The van der Waals surface area contributed by atoms with Crippen molar-refractivity contribution < 1.29 is 40.8 Å². The van der Waals surface area contributed by atoms with Crippen LogP contribution in [0, 0.1) is 13.8 Å². The summed E-state index contributed by atoms with van der Waals surface area (Å²) in [7, 11) is 0. The molecule has 0 aliphatic carbocycles. The molecule has 4 heteroatoms. The van der Waals surface area contributed by atoms with Gasteiger partial charge in [-0.15, -0.1) is 74.8 Å². The van der Waals surface area contributed by atoms with Crippen LogP contribution in [0.15, 0.2) is 78.9 Å². The molecule has 0 aliphatic heterocycles. The summed E-state index contributed by atoms with van der Waals surface area (Å²) in [6.45, 7) is 35.3. The summed E-state index contributed by atoms with van der Waals surface area (Å²) in [6, 6.07) is 27.9. The molecule has 0 spiro atoms. The quantitative estimate of drug-likeness (QED) is 0.114. The van der Waals surface area contributed by atoms with Crippen molar-refractivity contribution >= 4 is 27.0 Å². The van der Waals surface area contributed by atoms with E-state index in [1.807, 2.05) is 6.07 Å². The van der Waals surface area contributed by atoms with E-state index in [4.69, 9.17) is 0 Å². The van der Waals surface area contributed by atoms with Crippen molar-refractivity contribution in [1.29, 1.82) is 0 Å². The van der Waals surface area contributed by atoms with Gasteiger partial charge in [0, 0.05) is 0 Å². The fourth-order valence-electron chi connectivity index (χ4n) is 5.66. The molecule has 0 heterocycles. The minimum absolute atomic E-state index is 0. The maximum absolute atomic E-state index is 11.7. The average Bonchev–Trinajstić information content (AvgIpc) is 3.47.